The third-order valence-corrected chi connectivity index (χ3v) is 5.96. The molecule has 0 fully saturated rings. The van der Waals surface area contributed by atoms with Crippen LogP contribution in [0.1, 0.15) is 36.5 Å². The molecule has 2 heterocycles. The first-order chi connectivity index (χ1) is 16.2. The van der Waals surface area contributed by atoms with Gasteiger partial charge in [0, 0.05) is 30.8 Å². The van der Waals surface area contributed by atoms with Gasteiger partial charge in [0.2, 0.25) is 5.88 Å². The molecule has 0 amide bonds. The van der Waals surface area contributed by atoms with Crippen molar-refractivity contribution in [2.75, 3.05) is 24.8 Å². The van der Waals surface area contributed by atoms with Gasteiger partial charge in [0.05, 0.1) is 48.0 Å². The molecule has 0 aliphatic carbocycles. The molecule has 0 radical (unpaired) electrons. The van der Waals surface area contributed by atoms with Gasteiger partial charge in [0.25, 0.3) is 5.56 Å². The normalized spacial score (nSPS) is 11.8. The van der Waals surface area contributed by atoms with Crippen molar-refractivity contribution in [2.24, 2.45) is 14.1 Å². The summed E-state index contributed by atoms with van der Waals surface area (Å²) in [4.78, 5) is 24.7. The molecule has 0 aliphatic heterocycles. The number of hydrogen-bond donors (Lipinski definition) is 2. The van der Waals surface area contributed by atoms with Gasteiger partial charge in [0.1, 0.15) is 0 Å². The number of aryl methyl sites for hydroxylation is 2. The number of unbranched alkanes of at least 4 members (excludes halogenated alkanes) is 1. The van der Waals surface area contributed by atoms with Crippen molar-refractivity contribution in [2.45, 2.75) is 32.2 Å². The number of methoxy groups -OCH3 is 1. The largest absolute Gasteiger partial charge is 0.477 e. The molecule has 2 aromatic heterocycles. The number of pyridine rings is 1. The molecule has 34 heavy (non-hydrogen) atoms. The third-order valence-electron chi connectivity index (χ3n) is 5.47. The Morgan fingerprint density at radius 1 is 1.24 bits per heavy atom. The minimum Gasteiger partial charge on any atom is -0.477 e. The summed E-state index contributed by atoms with van der Waals surface area (Å²) in [5.74, 6) is -0.0391. The number of carbonyl (C=O) groups excluding carboxylic acids is 1. The van der Waals surface area contributed by atoms with E-state index in [4.69, 9.17) is 15.2 Å². The molecule has 3 rings (SSSR count). The van der Waals surface area contributed by atoms with E-state index in [1.54, 1.807) is 25.0 Å². The van der Waals surface area contributed by atoms with Crippen molar-refractivity contribution >= 4 is 33.3 Å². The van der Waals surface area contributed by atoms with Crippen LogP contribution in [0.25, 0.3) is 11.1 Å². The van der Waals surface area contributed by atoms with Crippen molar-refractivity contribution in [3.05, 3.63) is 57.0 Å². The molecule has 9 nitrogen and oxygen atoms in total. The Morgan fingerprint density at radius 3 is 2.74 bits per heavy atom. The number of esters is 1. The van der Waals surface area contributed by atoms with Crippen LogP contribution < -0.4 is 21.3 Å². The van der Waals surface area contributed by atoms with Gasteiger partial charge in [-0.15, -0.1) is 0 Å². The van der Waals surface area contributed by atoms with E-state index >= 15 is 0 Å². The highest BCUT2D eigenvalue weighted by molar-refractivity contribution is 9.10. The predicted octanol–water partition coefficient (Wildman–Crippen LogP) is 3.97. The van der Waals surface area contributed by atoms with E-state index in [1.165, 1.54) is 23.9 Å². The van der Waals surface area contributed by atoms with Crippen molar-refractivity contribution in [1.29, 1.82) is 0 Å². The molecule has 1 atom stereocenters. The Balaban J connectivity index is 1.61. The molecule has 0 bridgehead atoms. The second kappa shape index (κ2) is 11.2. The number of halogens is 1. The van der Waals surface area contributed by atoms with Gasteiger partial charge in [-0.3, -0.25) is 4.79 Å². The van der Waals surface area contributed by atoms with Gasteiger partial charge in [-0.2, -0.15) is 5.10 Å². The quantitative estimate of drug-likeness (QED) is 0.231. The van der Waals surface area contributed by atoms with Crippen LogP contribution in [-0.2, 0) is 18.8 Å². The number of aromatic nitrogens is 3. The van der Waals surface area contributed by atoms with E-state index < -0.39 is 5.97 Å². The number of benzene rings is 1. The average molecular weight is 532 g/mol. The van der Waals surface area contributed by atoms with Crippen LogP contribution in [0, 0.1) is 0 Å². The molecular weight excluding hydrogens is 502 g/mol. The van der Waals surface area contributed by atoms with E-state index in [9.17, 15) is 9.59 Å². The van der Waals surface area contributed by atoms with Crippen molar-refractivity contribution < 1.29 is 14.3 Å². The summed E-state index contributed by atoms with van der Waals surface area (Å²) in [5.41, 5.74) is 8.55. The summed E-state index contributed by atoms with van der Waals surface area (Å²) >= 11 is 3.47. The van der Waals surface area contributed by atoms with Gasteiger partial charge in [0.15, 0.2) is 0 Å². The second-order valence-electron chi connectivity index (χ2n) is 8.16. The van der Waals surface area contributed by atoms with Crippen molar-refractivity contribution in [3.8, 4) is 17.0 Å². The topological polar surface area (TPSA) is 113 Å². The number of ether oxygens (including phenoxy) is 2. The van der Waals surface area contributed by atoms with Crippen LogP contribution in [0.4, 0.5) is 11.4 Å². The van der Waals surface area contributed by atoms with Gasteiger partial charge in [-0.05, 0) is 50.5 Å². The average Bonchev–Trinajstić information content (AvgIpc) is 3.17. The molecule has 3 aromatic rings. The smallest absolute Gasteiger partial charge is 0.339 e. The maximum atomic E-state index is 12.7. The maximum Gasteiger partial charge on any atom is 0.339 e. The van der Waals surface area contributed by atoms with Gasteiger partial charge < -0.3 is 25.1 Å². The highest BCUT2D eigenvalue weighted by atomic mass is 79.9. The van der Waals surface area contributed by atoms with E-state index in [-0.39, 0.29) is 17.2 Å². The van der Waals surface area contributed by atoms with Gasteiger partial charge in [-0.25, -0.2) is 9.48 Å². The lowest BCUT2D eigenvalue weighted by Crippen LogP contribution is -2.20. The second-order valence-corrected chi connectivity index (χ2v) is 9.07. The number of rotatable bonds is 10. The lowest BCUT2D eigenvalue weighted by molar-refractivity contribution is 0.0599. The van der Waals surface area contributed by atoms with Gasteiger partial charge in [-0.1, -0.05) is 15.9 Å². The Hall–Kier alpha value is -3.27. The van der Waals surface area contributed by atoms with Crippen LogP contribution in [0.15, 0.2) is 45.9 Å². The summed E-state index contributed by atoms with van der Waals surface area (Å²) in [5, 5.41) is 7.69. The summed E-state index contributed by atoms with van der Waals surface area (Å²) in [6.07, 6.45) is 5.72. The van der Waals surface area contributed by atoms with Crippen LogP contribution in [0.5, 0.6) is 5.88 Å². The first-order valence-corrected chi connectivity index (χ1v) is 11.8. The van der Waals surface area contributed by atoms with Gasteiger partial charge >= 0.3 is 5.97 Å². The van der Waals surface area contributed by atoms with Crippen molar-refractivity contribution in [3.63, 3.8) is 0 Å². The summed E-state index contributed by atoms with van der Waals surface area (Å²) in [6, 6.07) is 7.51. The molecule has 1 aromatic carbocycles. The number of anilines is 2. The molecular formula is C24H30BrN5O4. The first kappa shape index (κ1) is 25.4. The highest BCUT2D eigenvalue weighted by Crippen LogP contribution is 2.28. The number of carbonyl (C=O) groups is 1. The monoisotopic (exact) mass is 531 g/mol. The molecule has 182 valence electrons. The zero-order valence-electron chi connectivity index (χ0n) is 19.8. The molecule has 1 unspecified atom stereocenters. The zero-order chi connectivity index (χ0) is 24.8. The first-order valence-electron chi connectivity index (χ1n) is 11.0. The van der Waals surface area contributed by atoms with E-state index in [0.717, 1.165) is 29.4 Å². The summed E-state index contributed by atoms with van der Waals surface area (Å²) < 4.78 is 14.7. The number of nitrogens with one attached hydrogen (secondary N) is 1. The molecule has 0 saturated carbocycles. The lowest BCUT2D eigenvalue weighted by Gasteiger charge is -2.17. The third kappa shape index (κ3) is 5.99. The SMILES string of the molecule is COC(=O)c1cc(-c2cnn(C)c2OCCCCC(C)Nc2cc(Br)ccc2N)c(=O)n(C)c1. The summed E-state index contributed by atoms with van der Waals surface area (Å²) in [6.45, 7) is 2.58. The standard InChI is InChI=1S/C24H30BrN5O4/c1-15(28-21-12-17(25)8-9-20(21)26)7-5-6-10-34-23-19(13-27-30(23)3)18-11-16(24(32)33-4)14-29(2)22(18)31/h8-9,11-15,28H,5-7,10,26H2,1-4H3. The fraction of sp³-hybridized carbons (Fsp3) is 0.375. The zero-order valence-corrected chi connectivity index (χ0v) is 21.4. The Bertz CT molecular complexity index is 1220. The fourth-order valence-electron chi connectivity index (χ4n) is 3.63. The maximum absolute atomic E-state index is 12.7. The molecule has 0 spiro atoms. The lowest BCUT2D eigenvalue weighted by atomic mass is 10.1. The fourth-order valence-corrected chi connectivity index (χ4v) is 3.99. The number of nitrogens with two attached hydrogens (primary N) is 1. The molecule has 0 aliphatic rings. The number of hydrogen-bond acceptors (Lipinski definition) is 7. The number of nitrogen functional groups attached to an aromatic ring is 1. The van der Waals surface area contributed by atoms with Crippen LogP contribution >= 0.6 is 15.9 Å². The Morgan fingerprint density at radius 2 is 2.00 bits per heavy atom. The Labute approximate surface area is 207 Å². The molecule has 10 heteroatoms. The van der Waals surface area contributed by atoms with Crippen LogP contribution in [0.3, 0.4) is 0 Å². The number of nitrogens with zero attached hydrogens (tertiary/aromatic N) is 3. The minimum atomic E-state index is -0.518. The molecule has 0 saturated heterocycles. The molecule has 3 N–H and O–H groups in total. The highest BCUT2D eigenvalue weighted by Gasteiger charge is 2.19. The van der Waals surface area contributed by atoms with Crippen molar-refractivity contribution in [1.82, 2.24) is 14.3 Å². The van der Waals surface area contributed by atoms with Crippen LogP contribution in [0.2, 0.25) is 0 Å². The summed E-state index contributed by atoms with van der Waals surface area (Å²) in [7, 11) is 4.64. The van der Waals surface area contributed by atoms with E-state index in [1.807, 2.05) is 18.2 Å². The van der Waals surface area contributed by atoms with Crippen LogP contribution in [-0.4, -0.2) is 40.1 Å². The Kier molecular flexibility index (Phi) is 8.38. The van der Waals surface area contributed by atoms with E-state index in [2.05, 4.69) is 33.3 Å². The van der Waals surface area contributed by atoms with E-state index in [0.29, 0.717) is 29.3 Å². The predicted molar refractivity (Wildman–Crippen MR) is 136 cm³/mol. The minimum absolute atomic E-state index is 0.243.